The highest BCUT2D eigenvalue weighted by Gasteiger charge is 2.13. The average molecular weight is 350 g/mol. The van der Waals surface area contributed by atoms with Crippen molar-refractivity contribution < 1.29 is 9.53 Å². The summed E-state index contributed by atoms with van der Waals surface area (Å²) in [7, 11) is 0. The molecule has 0 atom stereocenters. The van der Waals surface area contributed by atoms with Crippen molar-refractivity contribution in [3.8, 4) is 0 Å². The summed E-state index contributed by atoms with van der Waals surface area (Å²) in [5, 5.41) is 1.65. The summed E-state index contributed by atoms with van der Waals surface area (Å²) >= 11 is 23.5. The Balaban J connectivity index is 2.08. The SMILES string of the molecule is O=C(OCc1ccc(Cl)cc1Cl)c1ccc(Cl)cc1Cl. The molecule has 104 valence electrons. The normalized spacial score (nSPS) is 10.4. The maximum Gasteiger partial charge on any atom is 0.339 e. The van der Waals surface area contributed by atoms with Crippen LogP contribution in [0.5, 0.6) is 0 Å². The van der Waals surface area contributed by atoms with Gasteiger partial charge in [0.2, 0.25) is 0 Å². The van der Waals surface area contributed by atoms with Crippen molar-refractivity contribution in [2.75, 3.05) is 0 Å². The molecule has 0 amide bonds. The standard InChI is InChI=1S/C14H8Cl4O2/c15-9-2-1-8(12(17)5-9)7-20-14(19)11-4-3-10(16)6-13(11)18/h1-6H,7H2. The third-order valence-electron chi connectivity index (χ3n) is 2.52. The third kappa shape index (κ3) is 3.80. The van der Waals surface area contributed by atoms with Gasteiger partial charge >= 0.3 is 5.97 Å². The lowest BCUT2D eigenvalue weighted by Gasteiger charge is -2.08. The Morgan fingerprint density at radius 1 is 0.900 bits per heavy atom. The zero-order chi connectivity index (χ0) is 14.7. The molecule has 0 aliphatic heterocycles. The summed E-state index contributed by atoms with van der Waals surface area (Å²) in [5.74, 6) is -0.544. The first-order chi connectivity index (χ1) is 9.47. The molecule has 0 N–H and O–H groups in total. The molecule has 0 radical (unpaired) electrons. The number of carbonyl (C=O) groups excluding carboxylic acids is 1. The van der Waals surface area contributed by atoms with Gasteiger partial charge in [0.05, 0.1) is 10.6 Å². The van der Waals surface area contributed by atoms with Crippen LogP contribution >= 0.6 is 46.4 Å². The Morgan fingerprint density at radius 3 is 2.10 bits per heavy atom. The molecular formula is C14H8Cl4O2. The lowest BCUT2D eigenvalue weighted by atomic mass is 10.2. The van der Waals surface area contributed by atoms with E-state index in [9.17, 15) is 4.79 Å². The van der Waals surface area contributed by atoms with E-state index in [1.807, 2.05) is 0 Å². The number of rotatable bonds is 3. The van der Waals surface area contributed by atoms with Crippen LogP contribution in [0.1, 0.15) is 15.9 Å². The first kappa shape index (κ1) is 15.5. The van der Waals surface area contributed by atoms with Crippen molar-refractivity contribution in [1.29, 1.82) is 0 Å². The lowest BCUT2D eigenvalue weighted by Crippen LogP contribution is -2.06. The van der Waals surface area contributed by atoms with E-state index in [0.29, 0.717) is 20.6 Å². The molecular weight excluding hydrogens is 342 g/mol. The molecule has 0 unspecified atom stereocenters. The summed E-state index contributed by atoms with van der Waals surface area (Å²) in [5.41, 5.74) is 0.913. The highest BCUT2D eigenvalue weighted by molar-refractivity contribution is 6.36. The van der Waals surface area contributed by atoms with E-state index in [2.05, 4.69) is 0 Å². The van der Waals surface area contributed by atoms with E-state index < -0.39 is 5.97 Å². The maximum absolute atomic E-state index is 11.9. The van der Waals surface area contributed by atoms with E-state index in [4.69, 9.17) is 51.1 Å². The van der Waals surface area contributed by atoms with Gasteiger partial charge in [-0.2, -0.15) is 0 Å². The molecule has 0 heterocycles. The number of esters is 1. The molecule has 0 aromatic heterocycles. The zero-order valence-electron chi connectivity index (χ0n) is 10.00. The number of carbonyl (C=O) groups is 1. The first-order valence-electron chi connectivity index (χ1n) is 5.53. The fourth-order valence-corrected chi connectivity index (χ4v) is 2.46. The monoisotopic (exact) mass is 348 g/mol. The Hall–Kier alpha value is -0.930. The molecule has 0 saturated carbocycles. The Kier molecular flexibility index (Phi) is 5.17. The maximum atomic E-state index is 11.9. The van der Waals surface area contributed by atoms with Gasteiger partial charge in [0, 0.05) is 20.6 Å². The Labute approximate surface area is 136 Å². The molecule has 0 aliphatic rings. The number of hydrogen-bond donors (Lipinski definition) is 0. The van der Waals surface area contributed by atoms with Gasteiger partial charge in [-0.3, -0.25) is 0 Å². The molecule has 0 saturated heterocycles. The first-order valence-corrected chi connectivity index (χ1v) is 7.04. The van der Waals surface area contributed by atoms with E-state index in [1.165, 1.54) is 12.1 Å². The molecule has 2 aromatic carbocycles. The molecule has 2 aromatic rings. The van der Waals surface area contributed by atoms with Crippen LogP contribution in [0.3, 0.4) is 0 Å². The summed E-state index contributed by atoms with van der Waals surface area (Å²) in [4.78, 5) is 11.9. The van der Waals surface area contributed by atoms with E-state index in [0.717, 1.165) is 0 Å². The third-order valence-corrected chi connectivity index (χ3v) is 3.66. The largest absolute Gasteiger partial charge is 0.457 e. The predicted molar refractivity (Wildman–Crippen MR) is 82.0 cm³/mol. The molecule has 0 bridgehead atoms. The van der Waals surface area contributed by atoms with Gasteiger partial charge in [-0.05, 0) is 30.3 Å². The van der Waals surface area contributed by atoms with Gasteiger partial charge in [-0.1, -0.05) is 52.5 Å². The van der Waals surface area contributed by atoms with Crippen molar-refractivity contribution >= 4 is 52.4 Å². The molecule has 0 fully saturated rings. The molecule has 2 nitrogen and oxygen atoms in total. The second kappa shape index (κ2) is 6.68. The quantitative estimate of drug-likeness (QED) is 0.668. The van der Waals surface area contributed by atoms with E-state index in [1.54, 1.807) is 24.3 Å². The van der Waals surface area contributed by atoms with Gasteiger partial charge in [-0.15, -0.1) is 0 Å². The summed E-state index contributed by atoms with van der Waals surface area (Å²) in [6, 6.07) is 9.51. The highest BCUT2D eigenvalue weighted by Crippen LogP contribution is 2.24. The van der Waals surface area contributed by atoms with Crippen LogP contribution < -0.4 is 0 Å². The number of ether oxygens (including phenoxy) is 1. The predicted octanol–water partition coefficient (Wildman–Crippen LogP) is 5.66. The van der Waals surface area contributed by atoms with Gasteiger partial charge in [0.25, 0.3) is 0 Å². The second-order valence-corrected chi connectivity index (χ2v) is 5.62. The van der Waals surface area contributed by atoms with Crippen LogP contribution in [0, 0.1) is 0 Å². The zero-order valence-corrected chi connectivity index (χ0v) is 13.0. The van der Waals surface area contributed by atoms with Crippen LogP contribution in [0.4, 0.5) is 0 Å². The number of halogens is 4. The number of benzene rings is 2. The van der Waals surface area contributed by atoms with Gasteiger partial charge in [0.15, 0.2) is 0 Å². The highest BCUT2D eigenvalue weighted by atomic mass is 35.5. The smallest absolute Gasteiger partial charge is 0.339 e. The van der Waals surface area contributed by atoms with Crippen LogP contribution in [0.15, 0.2) is 36.4 Å². The molecule has 6 heteroatoms. The fourth-order valence-electron chi connectivity index (χ4n) is 1.51. The minimum absolute atomic E-state index is 0.0355. The summed E-state index contributed by atoms with van der Waals surface area (Å²) in [6.45, 7) is 0.0355. The Morgan fingerprint density at radius 2 is 1.50 bits per heavy atom. The van der Waals surface area contributed by atoms with Crippen molar-refractivity contribution in [3.63, 3.8) is 0 Å². The van der Waals surface area contributed by atoms with Crippen molar-refractivity contribution in [1.82, 2.24) is 0 Å². The Bertz CT molecular complexity index is 656. The van der Waals surface area contributed by atoms with Gasteiger partial charge in [-0.25, -0.2) is 4.79 Å². The van der Waals surface area contributed by atoms with Crippen LogP contribution in [0.25, 0.3) is 0 Å². The van der Waals surface area contributed by atoms with Gasteiger partial charge in [0.1, 0.15) is 6.61 Å². The van der Waals surface area contributed by atoms with Crippen LogP contribution in [0.2, 0.25) is 20.1 Å². The fraction of sp³-hybridized carbons (Fsp3) is 0.0714. The van der Waals surface area contributed by atoms with Crippen molar-refractivity contribution in [2.45, 2.75) is 6.61 Å². The van der Waals surface area contributed by atoms with Gasteiger partial charge < -0.3 is 4.74 Å². The van der Waals surface area contributed by atoms with Crippen LogP contribution in [-0.2, 0) is 11.3 Å². The topological polar surface area (TPSA) is 26.3 Å². The summed E-state index contributed by atoms with van der Waals surface area (Å²) in [6.07, 6.45) is 0. The average Bonchev–Trinajstić information content (AvgIpc) is 2.37. The second-order valence-electron chi connectivity index (χ2n) is 3.94. The summed E-state index contributed by atoms with van der Waals surface area (Å²) < 4.78 is 5.16. The number of hydrogen-bond acceptors (Lipinski definition) is 2. The van der Waals surface area contributed by atoms with Crippen LogP contribution in [-0.4, -0.2) is 5.97 Å². The lowest BCUT2D eigenvalue weighted by molar-refractivity contribution is 0.0473. The van der Waals surface area contributed by atoms with E-state index >= 15 is 0 Å². The molecule has 0 spiro atoms. The minimum Gasteiger partial charge on any atom is -0.457 e. The van der Waals surface area contributed by atoms with Crippen molar-refractivity contribution in [3.05, 3.63) is 67.6 Å². The molecule has 0 aliphatic carbocycles. The molecule has 2 rings (SSSR count). The minimum atomic E-state index is -0.544. The molecule has 20 heavy (non-hydrogen) atoms. The van der Waals surface area contributed by atoms with Crippen molar-refractivity contribution in [2.24, 2.45) is 0 Å². The van der Waals surface area contributed by atoms with E-state index in [-0.39, 0.29) is 17.2 Å².